The molecule has 0 unspecified atom stereocenters. The summed E-state index contributed by atoms with van der Waals surface area (Å²) in [7, 11) is 1.46. The van der Waals surface area contributed by atoms with Gasteiger partial charge >= 0.3 is 0 Å². The second-order valence-corrected chi connectivity index (χ2v) is 5.78. The first kappa shape index (κ1) is 12.8. The Morgan fingerprint density at radius 1 is 1.53 bits per heavy atom. The van der Waals surface area contributed by atoms with Crippen LogP contribution in [0.5, 0.6) is 0 Å². The molecule has 0 spiro atoms. The van der Waals surface area contributed by atoms with Gasteiger partial charge in [-0.1, -0.05) is 40.9 Å². The highest BCUT2D eigenvalue weighted by Crippen LogP contribution is 2.29. The van der Waals surface area contributed by atoms with Gasteiger partial charge in [-0.25, -0.2) is 0 Å². The molecule has 1 heterocycles. The predicted octanol–water partition coefficient (Wildman–Crippen LogP) is 3.67. The lowest BCUT2D eigenvalue weighted by Gasteiger charge is -2.07. The molecule has 0 bridgehead atoms. The number of hydrogen-bond donors (Lipinski definition) is 0. The third-order valence-electron chi connectivity index (χ3n) is 1.53. The maximum atomic E-state index is 11.4. The summed E-state index contributed by atoms with van der Waals surface area (Å²) in [6, 6.07) is 3.65. The smallest absolute Gasteiger partial charge is 0.252 e. The van der Waals surface area contributed by atoms with Crippen LogP contribution in [0.15, 0.2) is 23.6 Å². The SMILES string of the molecule is CO/C(=C\C(=O)C(Cl)(Cl)Cl)c1cccs1. The molecule has 0 aromatic carbocycles. The standard InChI is InChI=1S/C9H7Cl3O2S/c1-14-6(7-3-2-4-15-7)5-8(13)9(10,11)12/h2-5H,1H3/b6-5-. The molecule has 1 rings (SSSR count). The van der Waals surface area contributed by atoms with Gasteiger partial charge in [0, 0.05) is 6.08 Å². The molecule has 0 aliphatic heterocycles. The molecule has 0 aliphatic rings. The third-order valence-corrected chi connectivity index (χ3v) is 2.97. The van der Waals surface area contributed by atoms with Gasteiger partial charge in [0.2, 0.25) is 5.78 Å². The molecule has 0 amide bonds. The number of hydrogen-bond acceptors (Lipinski definition) is 3. The van der Waals surface area contributed by atoms with E-state index in [4.69, 9.17) is 39.5 Å². The van der Waals surface area contributed by atoms with E-state index >= 15 is 0 Å². The van der Waals surface area contributed by atoms with Crippen molar-refractivity contribution >= 4 is 57.7 Å². The van der Waals surface area contributed by atoms with Crippen LogP contribution in [0, 0.1) is 0 Å². The van der Waals surface area contributed by atoms with E-state index in [1.165, 1.54) is 24.5 Å². The molecule has 0 saturated carbocycles. The molecule has 1 aromatic heterocycles. The number of alkyl halides is 3. The average Bonchev–Trinajstić information content (AvgIpc) is 2.64. The van der Waals surface area contributed by atoms with Crippen LogP contribution in [-0.2, 0) is 9.53 Å². The molecule has 6 heteroatoms. The Morgan fingerprint density at radius 2 is 2.20 bits per heavy atom. The number of halogens is 3. The van der Waals surface area contributed by atoms with Gasteiger partial charge in [-0.2, -0.15) is 0 Å². The average molecular weight is 286 g/mol. The number of thiophene rings is 1. The Kier molecular flexibility index (Phi) is 4.46. The molecule has 0 aliphatic carbocycles. The van der Waals surface area contributed by atoms with Crippen molar-refractivity contribution in [3.05, 3.63) is 28.5 Å². The van der Waals surface area contributed by atoms with Crippen LogP contribution in [0.2, 0.25) is 0 Å². The summed E-state index contributed by atoms with van der Waals surface area (Å²) in [5.41, 5.74) is 0. The number of ether oxygens (including phenoxy) is 1. The topological polar surface area (TPSA) is 26.3 Å². The fourth-order valence-electron chi connectivity index (χ4n) is 0.850. The molecule has 0 atom stereocenters. The Balaban J connectivity index is 2.94. The van der Waals surface area contributed by atoms with Crippen LogP contribution < -0.4 is 0 Å². The fourth-order valence-corrected chi connectivity index (χ4v) is 1.73. The van der Waals surface area contributed by atoms with Gasteiger partial charge in [-0.05, 0) is 11.4 Å². The highest BCUT2D eigenvalue weighted by molar-refractivity contribution is 7.11. The number of allylic oxidation sites excluding steroid dienone is 1. The largest absolute Gasteiger partial charge is 0.495 e. The maximum absolute atomic E-state index is 11.4. The van der Waals surface area contributed by atoms with E-state index in [2.05, 4.69) is 0 Å². The zero-order valence-corrected chi connectivity index (χ0v) is 10.8. The highest BCUT2D eigenvalue weighted by atomic mass is 35.6. The number of rotatable bonds is 3. The van der Waals surface area contributed by atoms with Crippen molar-refractivity contribution in [2.24, 2.45) is 0 Å². The number of ketones is 1. The van der Waals surface area contributed by atoms with E-state index in [0.29, 0.717) is 5.76 Å². The van der Waals surface area contributed by atoms with Crippen molar-refractivity contribution < 1.29 is 9.53 Å². The van der Waals surface area contributed by atoms with E-state index in [1.807, 2.05) is 17.5 Å². The summed E-state index contributed by atoms with van der Waals surface area (Å²) in [6.07, 6.45) is 1.18. The Bertz CT molecular complexity index is 365. The van der Waals surface area contributed by atoms with Crippen molar-refractivity contribution in [2.45, 2.75) is 3.79 Å². The lowest BCUT2D eigenvalue weighted by atomic mass is 10.3. The van der Waals surface area contributed by atoms with Crippen molar-refractivity contribution in [1.29, 1.82) is 0 Å². The molecule has 0 fully saturated rings. The molecule has 0 saturated heterocycles. The quantitative estimate of drug-likeness (QED) is 0.481. The Labute approximate surface area is 106 Å². The fraction of sp³-hybridized carbons (Fsp3) is 0.222. The van der Waals surface area contributed by atoms with Crippen molar-refractivity contribution in [1.82, 2.24) is 0 Å². The van der Waals surface area contributed by atoms with Gasteiger partial charge in [0.1, 0.15) is 5.76 Å². The molecular weight excluding hydrogens is 279 g/mol. The minimum Gasteiger partial charge on any atom is -0.495 e. The first-order chi connectivity index (χ1) is 6.95. The lowest BCUT2D eigenvalue weighted by molar-refractivity contribution is -0.113. The van der Waals surface area contributed by atoms with Gasteiger partial charge in [0.05, 0.1) is 12.0 Å². The van der Waals surface area contributed by atoms with E-state index < -0.39 is 9.58 Å². The third kappa shape index (κ3) is 3.68. The number of methoxy groups -OCH3 is 1. The monoisotopic (exact) mass is 284 g/mol. The van der Waals surface area contributed by atoms with Crippen LogP contribution in [0.25, 0.3) is 5.76 Å². The maximum Gasteiger partial charge on any atom is 0.252 e. The minimum atomic E-state index is -1.94. The summed E-state index contributed by atoms with van der Waals surface area (Å²) < 4.78 is 3.09. The Morgan fingerprint density at radius 3 is 2.60 bits per heavy atom. The van der Waals surface area contributed by atoms with Gasteiger partial charge < -0.3 is 4.74 Å². The van der Waals surface area contributed by atoms with Gasteiger partial charge in [0.25, 0.3) is 3.79 Å². The minimum absolute atomic E-state index is 0.390. The van der Waals surface area contributed by atoms with E-state index in [0.717, 1.165) is 4.88 Å². The summed E-state index contributed by atoms with van der Waals surface area (Å²) in [4.78, 5) is 12.2. The summed E-state index contributed by atoms with van der Waals surface area (Å²) in [5.74, 6) is -0.237. The normalized spacial score (nSPS) is 12.7. The first-order valence-electron chi connectivity index (χ1n) is 3.86. The molecule has 15 heavy (non-hydrogen) atoms. The zero-order valence-electron chi connectivity index (χ0n) is 7.67. The molecule has 0 radical (unpaired) electrons. The predicted molar refractivity (Wildman–Crippen MR) is 64.6 cm³/mol. The molecule has 0 N–H and O–H groups in total. The second-order valence-electron chi connectivity index (χ2n) is 2.55. The van der Waals surface area contributed by atoms with E-state index in [1.54, 1.807) is 0 Å². The van der Waals surface area contributed by atoms with E-state index in [-0.39, 0.29) is 0 Å². The molecule has 1 aromatic rings. The van der Waals surface area contributed by atoms with E-state index in [9.17, 15) is 4.79 Å². The van der Waals surface area contributed by atoms with Gasteiger partial charge in [-0.3, -0.25) is 4.79 Å². The molecular formula is C9H7Cl3O2S. The van der Waals surface area contributed by atoms with Crippen LogP contribution in [0.1, 0.15) is 4.88 Å². The van der Waals surface area contributed by atoms with Crippen molar-refractivity contribution in [3.63, 3.8) is 0 Å². The molecule has 82 valence electrons. The number of carbonyl (C=O) groups is 1. The number of carbonyl (C=O) groups excluding carboxylic acids is 1. The zero-order chi connectivity index (χ0) is 11.5. The summed E-state index contributed by atoms with van der Waals surface area (Å²) >= 11 is 17.7. The molecule has 2 nitrogen and oxygen atoms in total. The lowest BCUT2D eigenvalue weighted by Crippen LogP contribution is -2.16. The van der Waals surface area contributed by atoms with Gasteiger partial charge in [0.15, 0.2) is 0 Å². The van der Waals surface area contributed by atoms with Crippen molar-refractivity contribution in [2.75, 3.05) is 7.11 Å². The van der Waals surface area contributed by atoms with Crippen LogP contribution in [-0.4, -0.2) is 16.7 Å². The van der Waals surface area contributed by atoms with Crippen molar-refractivity contribution in [3.8, 4) is 0 Å². The first-order valence-corrected chi connectivity index (χ1v) is 5.87. The van der Waals surface area contributed by atoms with Crippen LogP contribution >= 0.6 is 46.1 Å². The summed E-state index contributed by atoms with van der Waals surface area (Å²) in [6.45, 7) is 0. The second kappa shape index (κ2) is 5.21. The van der Waals surface area contributed by atoms with Crippen LogP contribution in [0.3, 0.4) is 0 Å². The summed E-state index contributed by atoms with van der Waals surface area (Å²) in [5, 5.41) is 1.86. The highest BCUT2D eigenvalue weighted by Gasteiger charge is 2.29. The Hall–Kier alpha value is -0.220. The van der Waals surface area contributed by atoms with Crippen LogP contribution in [0.4, 0.5) is 0 Å². The van der Waals surface area contributed by atoms with Gasteiger partial charge in [-0.15, -0.1) is 11.3 Å².